The zero-order valence-corrected chi connectivity index (χ0v) is 23.4. The first-order valence-electron chi connectivity index (χ1n) is 12.0. The lowest BCUT2D eigenvalue weighted by molar-refractivity contribution is 0.0956. The summed E-state index contributed by atoms with van der Waals surface area (Å²) in [4.78, 5) is 15.1. The number of carbonyl (C=O) groups excluding carboxylic acids is 1. The van der Waals surface area contributed by atoms with Crippen molar-refractivity contribution in [2.75, 3.05) is 38.5 Å². The fourth-order valence-electron chi connectivity index (χ4n) is 4.05. The van der Waals surface area contributed by atoms with E-state index in [1.807, 2.05) is 42.5 Å². The maximum Gasteiger partial charge on any atom is 0.251 e. The highest BCUT2D eigenvalue weighted by Gasteiger charge is 2.28. The summed E-state index contributed by atoms with van der Waals surface area (Å²) in [6.07, 6.45) is 0. The molecule has 1 amide bonds. The van der Waals surface area contributed by atoms with Gasteiger partial charge in [-0.3, -0.25) is 9.69 Å². The molecule has 0 saturated carbocycles. The van der Waals surface area contributed by atoms with Crippen molar-refractivity contribution in [2.45, 2.75) is 17.2 Å². The molecule has 0 aliphatic carbocycles. The van der Waals surface area contributed by atoms with Crippen LogP contribution in [0.15, 0.2) is 77.7 Å². The standard InChI is InChI=1S/C27H29Cl2N3O3S2/c28-25-11-8-22(18-26(25)29)20-36-17-12-30-27(33)23-9-6-21(7-10-23)19-31-13-15-32(16-14-31)37(34,35)24-4-2-1-3-5-24/h1-11,18H,12-17,19-20H2,(H,30,33). The van der Waals surface area contributed by atoms with E-state index in [0.717, 1.165) is 22.6 Å². The van der Waals surface area contributed by atoms with Crippen LogP contribution in [0, 0.1) is 0 Å². The van der Waals surface area contributed by atoms with Crippen molar-refractivity contribution in [3.63, 3.8) is 0 Å². The molecular weight excluding hydrogens is 549 g/mol. The third kappa shape index (κ3) is 7.72. The minimum Gasteiger partial charge on any atom is -0.351 e. The minimum absolute atomic E-state index is 0.0959. The Morgan fingerprint density at radius 1 is 0.865 bits per heavy atom. The number of nitrogens with zero attached hydrogens (tertiary/aromatic N) is 2. The van der Waals surface area contributed by atoms with Gasteiger partial charge < -0.3 is 5.32 Å². The summed E-state index contributed by atoms with van der Waals surface area (Å²) in [7, 11) is -3.45. The zero-order chi connectivity index (χ0) is 26.3. The largest absolute Gasteiger partial charge is 0.351 e. The summed E-state index contributed by atoms with van der Waals surface area (Å²) in [6, 6.07) is 21.8. The van der Waals surface area contributed by atoms with E-state index in [2.05, 4.69) is 10.2 Å². The first-order chi connectivity index (χ1) is 17.8. The first kappa shape index (κ1) is 28.0. The average Bonchev–Trinajstić information content (AvgIpc) is 2.91. The first-order valence-corrected chi connectivity index (χ1v) is 15.3. The smallest absolute Gasteiger partial charge is 0.251 e. The van der Waals surface area contributed by atoms with E-state index < -0.39 is 10.0 Å². The van der Waals surface area contributed by atoms with Gasteiger partial charge in [0.05, 0.1) is 14.9 Å². The number of benzene rings is 3. The lowest BCUT2D eigenvalue weighted by Gasteiger charge is -2.34. The van der Waals surface area contributed by atoms with Crippen molar-refractivity contribution in [1.82, 2.24) is 14.5 Å². The topological polar surface area (TPSA) is 69.7 Å². The number of nitrogens with one attached hydrogen (secondary N) is 1. The van der Waals surface area contributed by atoms with Gasteiger partial charge in [0.2, 0.25) is 10.0 Å². The monoisotopic (exact) mass is 577 g/mol. The van der Waals surface area contributed by atoms with Crippen LogP contribution < -0.4 is 5.32 Å². The fraction of sp³-hybridized carbons (Fsp3) is 0.296. The molecule has 1 heterocycles. The molecule has 4 rings (SSSR count). The molecule has 6 nitrogen and oxygen atoms in total. The number of halogens is 2. The summed E-state index contributed by atoms with van der Waals surface area (Å²) in [5.41, 5.74) is 2.81. The normalized spacial score (nSPS) is 15.0. The van der Waals surface area contributed by atoms with Gasteiger partial charge in [-0.1, -0.05) is 59.6 Å². The van der Waals surface area contributed by atoms with Crippen LogP contribution in [0.5, 0.6) is 0 Å². The number of amides is 1. The second-order valence-electron chi connectivity index (χ2n) is 8.75. The Morgan fingerprint density at radius 2 is 1.54 bits per heavy atom. The third-order valence-electron chi connectivity index (χ3n) is 6.12. The van der Waals surface area contributed by atoms with Crippen LogP contribution in [-0.4, -0.2) is 62.0 Å². The van der Waals surface area contributed by atoms with Crippen molar-refractivity contribution in [2.24, 2.45) is 0 Å². The van der Waals surface area contributed by atoms with Crippen molar-refractivity contribution >= 4 is 50.9 Å². The highest BCUT2D eigenvalue weighted by atomic mass is 35.5. The molecule has 3 aromatic rings. The van der Waals surface area contributed by atoms with Gasteiger partial charge in [-0.2, -0.15) is 16.1 Å². The highest BCUT2D eigenvalue weighted by molar-refractivity contribution is 7.98. The molecule has 1 N–H and O–H groups in total. The quantitative estimate of drug-likeness (QED) is 0.337. The van der Waals surface area contributed by atoms with E-state index in [-0.39, 0.29) is 5.91 Å². The van der Waals surface area contributed by atoms with Crippen LogP contribution in [0.1, 0.15) is 21.5 Å². The van der Waals surface area contributed by atoms with Crippen LogP contribution in [0.2, 0.25) is 10.0 Å². The second-order valence-corrected chi connectivity index (χ2v) is 12.6. The maximum atomic E-state index is 12.8. The van der Waals surface area contributed by atoms with Gasteiger partial charge in [-0.05, 0) is 47.5 Å². The predicted molar refractivity (Wildman–Crippen MR) is 152 cm³/mol. The lowest BCUT2D eigenvalue weighted by Crippen LogP contribution is -2.48. The molecule has 37 heavy (non-hydrogen) atoms. The molecule has 0 spiro atoms. The molecular formula is C27H29Cl2N3O3S2. The van der Waals surface area contributed by atoms with Crippen LogP contribution in [0.3, 0.4) is 0 Å². The van der Waals surface area contributed by atoms with Gasteiger partial charge in [-0.25, -0.2) is 8.42 Å². The molecule has 0 bridgehead atoms. The summed E-state index contributed by atoms with van der Waals surface area (Å²) in [6.45, 7) is 3.53. The number of thioether (sulfide) groups is 1. The summed E-state index contributed by atoms with van der Waals surface area (Å²) in [5, 5.41) is 4.06. The molecule has 3 aromatic carbocycles. The molecule has 0 atom stereocenters. The molecule has 1 aliphatic heterocycles. The van der Waals surface area contributed by atoms with Crippen LogP contribution >= 0.6 is 35.0 Å². The Hall–Kier alpha value is -2.07. The molecule has 1 saturated heterocycles. The van der Waals surface area contributed by atoms with E-state index in [0.29, 0.717) is 59.8 Å². The highest BCUT2D eigenvalue weighted by Crippen LogP contribution is 2.24. The zero-order valence-electron chi connectivity index (χ0n) is 20.3. The molecule has 1 aliphatic rings. The number of rotatable bonds is 10. The van der Waals surface area contributed by atoms with Crippen LogP contribution in [-0.2, 0) is 22.3 Å². The Morgan fingerprint density at radius 3 is 2.22 bits per heavy atom. The number of piperazine rings is 1. The summed E-state index contributed by atoms with van der Waals surface area (Å²) >= 11 is 13.7. The average molecular weight is 579 g/mol. The molecule has 10 heteroatoms. The molecule has 196 valence electrons. The van der Waals surface area contributed by atoms with Gasteiger partial charge >= 0.3 is 0 Å². The van der Waals surface area contributed by atoms with Gasteiger partial charge in [0, 0.05) is 56.3 Å². The van der Waals surface area contributed by atoms with Gasteiger partial charge in [-0.15, -0.1) is 0 Å². The predicted octanol–water partition coefficient (Wildman–Crippen LogP) is 5.16. The van der Waals surface area contributed by atoms with Gasteiger partial charge in [0.25, 0.3) is 5.91 Å². The van der Waals surface area contributed by atoms with E-state index in [9.17, 15) is 13.2 Å². The number of sulfonamides is 1. The summed E-state index contributed by atoms with van der Waals surface area (Å²) in [5.74, 6) is 1.49. The Labute approximate surface area is 233 Å². The fourth-order valence-corrected chi connectivity index (χ4v) is 6.62. The Bertz CT molecular complexity index is 1300. The van der Waals surface area contributed by atoms with E-state index in [4.69, 9.17) is 23.2 Å². The SMILES string of the molecule is O=C(NCCSCc1ccc(Cl)c(Cl)c1)c1ccc(CN2CCN(S(=O)(=O)c3ccccc3)CC2)cc1. The van der Waals surface area contributed by atoms with Crippen LogP contribution in [0.25, 0.3) is 0 Å². The lowest BCUT2D eigenvalue weighted by atomic mass is 10.1. The Balaban J connectivity index is 1.18. The second kappa shape index (κ2) is 13.1. The minimum atomic E-state index is -3.45. The molecule has 0 radical (unpaired) electrons. The Kier molecular flexibility index (Phi) is 9.92. The number of hydrogen-bond acceptors (Lipinski definition) is 5. The molecule has 0 aromatic heterocycles. The molecule has 0 unspecified atom stereocenters. The van der Waals surface area contributed by atoms with Crippen molar-refractivity contribution < 1.29 is 13.2 Å². The van der Waals surface area contributed by atoms with Crippen molar-refractivity contribution in [3.8, 4) is 0 Å². The number of hydrogen-bond donors (Lipinski definition) is 1. The number of carbonyl (C=O) groups is 1. The third-order valence-corrected chi connectivity index (χ3v) is 9.80. The van der Waals surface area contributed by atoms with E-state index in [1.54, 1.807) is 46.4 Å². The van der Waals surface area contributed by atoms with Gasteiger partial charge in [0.15, 0.2) is 0 Å². The maximum absolute atomic E-state index is 12.8. The van der Waals surface area contributed by atoms with Crippen molar-refractivity contribution in [3.05, 3.63) is 99.5 Å². The summed E-state index contributed by atoms with van der Waals surface area (Å²) < 4.78 is 27.2. The molecule has 1 fully saturated rings. The van der Waals surface area contributed by atoms with Crippen LogP contribution in [0.4, 0.5) is 0 Å². The van der Waals surface area contributed by atoms with E-state index >= 15 is 0 Å². The van der Waals surface area contributed by atoms with Gasteiger partial charge in [0.1, 0.15) is 0 Å². The van der Waals surface area contributed by atoms with E-state index in [1.165, 1.54) is 0 Å². The van der Waals surface area contributed by atoms with Crippen molar-refractivity contribution in [1.29, 1.82) is 0 Å².